The Morgan fingerprint density at radius 1 is 1.33 bits per heavy atom. The molecule has 0 spiro atoms. The maximum atomic E-state index is 12.1. The monoisotopic (exact) mass is 328 g/mol. The van der Waals surface area contributed by atoms with E-state index in [0.29, 0.717) is 22.6 Å². The minimum Gasteiger partial charge on any atom is -0.491 e. The summed E-state index contributed by atoms with van der Waals surface area (Å²) in [5.41, 5.74) is 2.47. The molecule has 1 atom stereocenters. The molecule has 0 saturated heterocycles. The van der Waals surface area contributed by atoms with Crippen LogP contribution in [0.15, 0.2) is 47.1 Å². The quantitative estimate of drug-likeness (QED) is 0.649. The molecule has 1 unspecified atom stereocenters. The average molecular weight is 328 g/mol. The van der Waals surface area contributed by atoms with Crippen molar-refractivity contribution in [2.45, 2.75) is 26.1 Å². The Morgan fingerprint density at radius 2 is 2.17 bits per heavy atom. The molecule has 0 bridgehead atoms. The maximum absolute atomic E-state index is 12.1. The Hall–Kier alpha value is -2.73. The zero-order chi connectivity index (χ0) is 17.1. The van der Waals surface area contributed by atoms with Crippen LogP contribution >= 0.6 is 0 Å². The second-order valence-electron chi connectivity index (χ2n) is 5.85. The lowest BCUT2D eigenvalue weighted by molar-refractivity contribution is 0.0912. The zero-order valence-electron chi connectivity index (χ0n) is 13.6. The summed E-state index contributed by atoms with van der Waals surface area (Å²) >= 11 is 0. The van der Waals surface area contributed by atoms with Gasteiger partial charge in [-0.3, -0.25) is 4.79 Å². The first kappa shape index (κ1) is 16.1. The minimum absolute atomic E-state index is 0.0585. The number of nitrogens with one attached hydrogen (secondary N) is 2. The molecular weight excluding hydrogens is 308 g/mol. The fraction of sp³-hybridized carbons (Fsp3) is 0.278. The van der Waals surface area contributed by atoms with Gasteiger partial charge in [0.05, 0.1) is 24.0 Å². The number of carbonyl (C=O) groups is 1. The van der Waals surface area contributed by atoms with Gasteiger partial charge in [-0.25, -0.2) is 0 Å². The summed E-state index contributed by atoms with van der Waals surface area (Å²) in [6.45, 7) is 3.98. The minimum atomic E-state index is -0.817. The number of ether oxygens (including phenoxy) is 1. The predicted octanol–water partition coefficient (Wildman–Crippen LogP) is 3.01. The topological polar surface area (TPSA) is 87.5 Å². The number of hydrogen-bond acceptors (Lipinski definition) is 4. The third-order valence-corrected chi connectivity index (χ3v) is 3.56. The molecule has 1 aromatic carbocycles. The van der Waals surface area contributed by atoms with E-state index in [2.05, 4.69) is 10.3 Å². The molecule has 3 aromatic rings. The van der Waals surface area contributed by atoms with Crippen molar-refractivity contribution in [1.82, 2.24) is 10.3 Å². The third-order valence-electron chi connectivity index (χ3n) is 3.56. The number of aromatic nitrogens is 1. The number of carbonyl (C=O) groups excluding carboxylic acids is 1. The molecule has 2 aromatic heterocycles. The summed E-state index contributed by atoms with van der Waals surface area (Å²) in [6, 6.07) is 10.6. The van der Waals surface area contributed by atoms with E-state index in [-0.39, 0.29) is 18.6 Å². The van der Waals surface area contributed by atoms with Gasteiger partial charge in [-0.05, 0) is 31.5 Å². The highest BCUT2D eigenvalue weighted by molar-refractivity contribution is 5.96. The Morgan fingerprint density at radius 3 is 2.92 bits per heavy atom. The largest absolute Gasteiger partial charge is 0.491 e. The van der Waals surface area contributed by atoms with Crippen LogP contribution in [0.4, 0.5) is 0 Å². The molecule has 0 saturated carbocycles. The number of amides is 1. The molecule has 3 N–H and O–H groups in total. The predicted molar refractivity (Wildman–Crippen MR) is 90.1 cm³/mol. The fourth-order valence-corrected chi connectivity index (χ4v) is 2.44. The Balaban J connectivity index is 1.61. The van der Waals surface area contributed by atoms with Gasteiger partial charge in [0.25, 0.3) is 5.91 Å². The highest BCUT2D eigenvalue weighted by Crippen LogP contribution is 2.20. The highest BCUT2D eigenvalue weighted by Gasteiger charge is 2.14. The van der Waals surface area contributed by atoms with Gasteiger partial charge in [0.1, 0.15) is 11.4 Å². The Labute approximate surface area is 139 Å². The van der Waals surface area contributed by atoms with E-state index >= 15 is 0 Å². The lowest BCUT2D eigenvalue weighted by atomic mass is 10.1. The summed E-state index contributed by atoms with van der Waals surface area (Å²) in [5, 5.41) is 13.0. The van der Waals surface area contributed by atoms with Crippen molar-refractivity contribution < 1.29 is 19.1 Å². The fourth-order valence-electron chi connectivity index (χ4n) is 2.44. The van der Waals surface area contributed by atoms with E-state index in [1.54, 1.807) is 30.5 Å². The first-order chi connectivity index (χ1) is 11.5. The number of rotatable bonds is 6. The van der Waals surface area contributed by atoms with Crippen molar-refractivity contribution in [3.05, 3.63) is 53.9 Å². The van der Waals surface area contributed by atoms with Gasteiger partial charge in [0.2, 0.25) is 0 Å². The van der Waals surface area contributed by atoms with Gasteiger partial charge in [-0.1, -0.05) is 12.1 Å². The van der Waals surface area contributed by atoms with Gasteiger partial charge < -0.3 is 24.6 Å². The summed E-state index contributed by atoms with van der Waals surface area (Å²) in [5.74, 6) is 0.396. The first-order valence-electron chi connectivity index (χ1n) is 7.82. The highest BCUT2D eigenvalue weighted by atomic mass is 16.5. The third kappa shape index (κ3) is 3.60. The molecule has 0 fully saturated rings. The number of aliphatic hydroxyl groups excluding tert-OH is 1. The normalized spacial score (nSPS) is 12.5. The molecule has 0 aliphatic rings. The number of H-pyrrole nitrogens is 1. The molecule has 0 aliphatic heterocycles. The van der Waals surface area contributed by atoms with Gasteiger partial charge in [-0.15, -0.1) is 0 Å². The van der Waals surface area contributed by atoms with Crippen molar-refractivity contribution in [1.29, 1.82) is 0 Å². The number of furan rings is 1. The molecule has 6 heteroatoms. The van der Waals surface area contributed by atoms with Crippen LogP contribution in [0.3, 0.4) is 0 Å². The summed E-state index contributed by atoms with van der Waals surface area (Å²) in [4.78, 5) is 15.1. The maximum Gasteiger partial charge on any atom is 0.267 e. The summed E-state index contributed by atoms with van der Waals surface area (Å²) < 4.78 is 10.8. The zero-order valence-corrected chi connectivity index (χ0v) is 13.6. The summed E-state index contributed by atoms with van der Waals surface area (Å²) in [7, 11) is 0. The van der Waals surface area contributed by atoms with E-state index in [1.165, 1.54) is 0 Å². The molecule has 2 heterocycles. The number of aliphatic hydroxyl groups is 1. The molecular formula is C18H20N2O4. The standard InChI is InChI=1S/C18H20N2O4/c1-11(2)24-13-5-3-4-12(8-13)16(21)10-19-18(22)15-9-17-14(20-15)6-7-23-17/h3-9,11,16,20-21H,10H2,1-2H3,(H,19,22). The van der Waals surface area contributed by atoms with Gasteiger partial charge in [0.15, 0.2) is 5.58 Å². The van der Waals surface area contributed by atoms with E-state index in [4.69, 9.17) is 9.15 Å². The van der Waals surface area contributed by atoms with Crippen molar-refractivity contribution in [2.24, 2.45) is 0 Å². The second-order valence-corrected chi connectivity index (χ2v) is 5.85. The molecule has 3 rings (SSSR count). The van der Waals surface area contributed by atoms with Crippen molar-refractivity contribution in [3.63, 3.8) is 0 Å². The van der Waals surface area contributed by atoms with Crippen molar-refractivity contribution >= 4 is 17.0 Å². The number of hydrogen-bond donors (Lipinski definition) is 3. The van der Waals surface area contributed by atoms with Crippen molar-refractivity contribution in [2.75, 3.05) is 6.54 Å². The average Bonchev–Trinajstić information content (AvgIpc) is 3.13. The second kappa shape index (κ2) is 6.80. The van der Waals surface area contributed by atoms with Crippen LogP contribution in [-0.2, 0) is 0 Å². The Bertz CT molecular complexity index is 806. The SMILES string of the molecule is CC(C)Oc1cccc(C(O)CNC(=O)c2cc3occc3[nH]2)c1. The van der Waals surface area contributed by atoms with Crippen LogP contribution in [0.25, 0.3) is 11.1 Å². The van der Waals surface area contributed by atoms with Crippen LogP contribution in [0.1, 0.15) is 36.0 Å². The van der Waals surface area contributed by atoms with Gasteiger partial charge in [-0.2, -0.15) is 0 Å². The van der Waals surface area contributed by atoms with E-state index < -0.39 is 6.10 Å². The van der Waals surface area contributed by atoms with Crippen LogP contribution in [-0.4, -0.2) is 28.6 Å². The summed E-state index contributed by atoms with van der Waals surface area (Å²) in [6.07, 6.45) is 0.796. The smallest absolute Gasteiger partial charge is 0.267 e. The molecule has 24 heavy (non-hydrogen) atoms. The number of fused-ring (bicyclic) bond motifs is 1. The van der Waals surface area contributed by atoms with E-state index in [0.717, 1.165) is 5.52 Å². The molecule has 126 valence electrons. The number of aromatic amines is 1. The molecule has 0 aliphatic carbocycles. The van der Waals surface area contributed by atoms with Crippen LogP contribution in [0.5, 0.6) is 5.75 Å². The van der Waals surface area contributed by atoms with Gasteiger partial charge >= 0.3 is 0 Å². The van der Waals surface area contributed by atoms with E-state index in [9.17, 15) is 9.90 Å². The molecule has 0 radical (unpaired) electrons. The lowest BCUT2D eigenvalue weighted by Crippen LogP contribution is -2.28. The number of benzene rings is 1. The molecule has 6 nitrogen and oxygen atoms in total. The van der Waals surface area contributed by atoms with Crippen LogP contribution < -0.4 is 10.1 Å². The van der Waals surface area contributed by atoms with Crippen LogP contribution in [0.2, 0.25) is 0 Å². The first-order valence-corrected chi connectivity index (χ1v) is 7.82. The lowest BCUT2D eigenvalue weighted by Gasteiger charge is -2.15. The molecule has 1 amide bonds. The van der Waals surface area contributed by atoms with Gasteiger partial charge in [0, 0.05) is 18.7 Å². The van der Waals surface area contributed by atoms with Crippen LogP contribution in [0, 0.1) is 0 Å². The van der Waals surface area contributed by atoms with Crippen molar-refractivity contribution in [3.8, 4) is 5.75 Å². The van der Waals surface area contributed by atoms with E-state index in [1.807, 2.05) is 26.0 Å². The Kier molecular flexibility index (Phi) is 4.57.